The molecule has 142 valence electrons. The summed E-state index contributed by atoms with van der Waals surface area (Å²) in [6.45, 7) is 1.91. The van der Waals surface area contributed by atoms with Crippen molar-refractivity contribution >= 4 is 21.7 Å². The van der Waals surface area contributed by atoms with Crippen LogP contribution >= 0.6 is 0 Å². The van der Waals surface area contributed by atoms with E-state index in [9.17, 15) is 13.2 Å². The molecule has 6 nitrogen and oxygen atoms in total. The van der Waals surface area contributed by atoms with Gasteiger partial charge in [0.05, 0.1) is 5.75 Å². The molecule has 1 aromatic heterocycles. The maximum Gasteiger partial charge on any atom is 0.236 e. The lowest BCUT2D eigenvalue weighted by molar-refractivity contribution is -0.129. The minimum atomic E-state index is -3.24. The van der Waals surface area contributed by atoms with Gasteiger partial charge in [0.15, 0.2) is 0 Å². The van der Waals surface area contributed by atoms with E-state index < -0.39 is 10.0 Å². The van der Waals surface area contributed by atoms with E-state index in [1.165, 1.54) is 23.6 Å². The molecule has 0 spiro atoms. The van der Waals surface area contributed by atoms with Gasteiger partial charge in [0.2, 0.25) is 15.9 Å². The molecule has 7 heteroatoms. The number of pyridine rings is 1. The van der Waals surface area contributed by atoms with E-state index in [0.29, 0.717) is 30.6 Å². The van der Waals surface area contributed by atoms with Crippen LogP contribution in [0.15, 0.2) is 18.3 Å². The van der Waals surface area contributed by atoms with Crippen molar-refractivity contribution in [3.63, 3.8) is 0 Å². The average molecular weight is 378 g/mol. The predicted molar refractivity (Wildman–Crippen MR) is 100 cm³/mol. The Labute approximate surface area is 155 Å². The van der Waals surface area contributed by atoms with Crippen LogP contribution in [0.5, 0.6) is 0 Å². The van der Waals surface area contributed by atoms with Gasteiger partial charge in [-0.3, -0.25) is 9.10 Å². The maximum atomic E-state index is 12.4. The van der Waals surface area contributed by atoms with Gasteiger partial charge in [0, 0.05) is 24.2 Å². The zero-order valence-electron chi connectivity index (χ0n) is 15.2. The number of piperidine rings is 1. The number of hydrogen-bond donors (Lipinski definition) is 1. The summed E-state index contributed by atoms with van der Waals surface area (Å²) in [7, 11) is -3.24. The Morgan fingerprint density at radius 1 is 1.23 bits per heavy atom. The highest BCUT2D eigenvalue weighted by Gasteiger charge is 2.37. The van der Waals surface area contributed by atoms with E-state index in [0.717, 1.165) is 18.4 Å². The summed E-state index contributed by atoms with van der Waals surface area (Å²) in [5.41, 5.74) is 0.993. The molecule has 3 unspecified atom stereocenters. The van der Waals surface area contributed by atoms with Crippen molar-refractivity contribution in [3.05, 3.63) is 23.9 Å². The fourth-order valence-electron chi connectivity index (χ4n) is 4.76. The van der Waals surface area contributed by atoms with Crippen molar-refractivity contribution in [1.82, 2.24) is 10.3 Å². The molecule has 1 N–H and O–H groups in total. The van der Waals surface area contributed by atoms with Crippen molar-refractivity contribution in [2.45, 2.75) is 64.0 Å². The first-order valence-electron chi connectivity index (χ1n) is 9.71. The Bertz CT molecular complexity index is 778. The van der Waals surface area contributed by atoms with Gasteiger partial charge in [-0.2, -0.15) is 0 Å². The first kappa shape index (κ1) is 17.8. The van der Waals surface area contributed by atoms with Crippen molar-refractivity contribution in [3.8, 4) is 0 Å². The molecular weight excluding hydrogens is 350 g/mol. The number of anilines is 1. The lowest BCUT2D eigenvalue weighted by Gasteiger charge is -2.39. The third-order valence-corrected chi connectivity index (χ3v) is 8.10. The number of nitrogens with zero attached hydrogens (tertiary/aromatic N) is 2. The molecule has 3 heterocycles. The molecule has 4 atom stereocenters. The maximum absolute atomic E-state index is 12.4. The zero-order valence-corrected chi connectivity index (χ0v) is 16.0. The van der Waals surface area contributed by atoms with Crippen LogP contribution in [-0.2, 0) is 21.2 Å². The average Bonchev–Trinajstić information content (AvgIpc) is 2.89. The highest BCUT2D eigenvalue weighted by molar-refractivity contribution is 7.93. The summed E-state index contributed by atoms with van der Waals surface area (Å²) >= 11 is 0. The minimum absolute atomic E-state index is 0.00329. The Balaban J connectivity index is 1.45. The standard InChI is InChI=1S/C19H27N3O3S/c1-13-8-9-26(24,25)22(13)18-7-6-14(12-20-18)10-16-11-15-4-2-3-5-17(15)21-19(16)23/h6-7,12-13,15-17H,2-5,8-11H2,1H3,(H,21,23)/t13-,15?,16?,17?/m1/s1. The topological polar surface area (TPSA) is 79.4 Å². The molecule has 1 amide bonds. The number of aromatic nitrogens is 1. The van der Waals surface area contributed by atoms with Crippen molar-refractivity contribution in [1.29, 1.82) is 0 Å². The summed E-state index contributed by atoms with van der Waals surface area (Å²) < 4.78 is 25.8. The number of amides is 1. The summed E-state index contributed by atoms with van der Waals surface area (Å²) in [4.78, 5) is 16.8. The van der Waals surface area contributed by atoms with E-state index in [1.54, 1.807) is 12.3 Å². The van der Waals surface area contributed by atoms with E-state index >= 15 is 0 Å². The van der Waals surface area contributed by atoms with Gasteiger partial charge in [-0.15, -0.1) is 0 Å². The van der Waals surface area contributed by atoms with Gasteiger partial charge in [0.25, 0.3) is 0 Å². The van der Waals surface area contributed by atoms with E-state index in [2.05, 4.69) is 10.3 Å². The first-order chi connectivity index (χ1) is 12.4. The quantitative estimate of drug-likeness (QED) is 0.876. The third-order valence-electron chi connectivity index (χ3n) is 6.21. The largest absolute Gasteiger partial charge is 0.353 e. The van der Waals surface area contributed by atoms with Gasteiger partial charge >= 0.3 is 0 Å². The number of hydrogen-bond acceptors (Lipinski definition) is 4. The number of carbonyl (C=O) groups excluding carboxylic acids is 1. The summed E-state index contributed by atoms with van der Waals surface area (Å²) in [6.07, 6.45) is 8.80. The van der Waals surface area contributed by atoms with Crippen LogP contribution in [0.2, 0.25) is 0 Å². The van der Waals surface area contributed by atoms with Crippen LogP contribution in [0.25, 0.3) is 0 Å². The normalized spacial score (nSPS) is 33.6. The van der Waals surface area contributed by atoms with E-state index in [1.807, 2.05) is 13.0 Å². The van der Waals surface area contributed by atoms with Gasteiger partial charge in [0.1, 0.15) is 5.82 Å². The van der Waals surface area contributed by atoms with Crippen LogP contribution < -0.4 is 9.62 Å². The second kappa shape index (κ2) is 6.83. The fourth-order valence-corrected chi connectivity index (χ4v) is 6.64. The summed E-state index contributed by atoms with van der Waals surface area (Å²) in [5, 5.41) is 3.21. The monoisotopic (exact) mass is 377 g/mol. The molecule has 1 saturated carbocycles. The van der Waals surface area contributed by atoms with Crippen molar-refractivity contribution in [2.24, 2.45) is 11.8 Å². The molecule has 0 radical (unpaired) electrons. The summed E-state index contributed by atoms with van der Waals surface area (Å²) in [5.74, 6) is 1.43. The smallest absolute Gasteiger partial charge is 0.236 e. The van der Waals surface area contributed by atoms with Crippen LogP contribution in [0.3, 0.4) is 0 Å². The third kappa shape index (κ3) is 3.33. The molecule has 3 fully saturated rings. The zero-order chi connectivity index (χ0) is 18.3. The van der Waals surface area contributed by atoms with Crippen LogP contribution in [0.1, 0.15) is 51.0 Å². The molecular formula is C19H27N3O3S. The molecule has 2 saturated heterocycles. The predicted octanol–water partition coefficient (Wildman–Crippen LogP) is 2.25. The highest BCUT2D eigenvalue weighted by atomic mass is 32.2. The number of sulfonamides is 1. The molecule has 0 bridgehead atoms. The van der Waals surface area contributed by atoms with Crippen LogP contribution in [0, 0.1) is 11.8 Å². The van der Waals surface area contributed by atoms with Crippen molar-refractivity contribution < 1.29 is 13.2 Å². The Kier molecular flexibility index (Phi) is 4.67. The van der Waals surface area contributed by atoms with Gasteiger partial charge < -0.3 is 5.32 Å². The number of rotatable bonds is 3. The minimum Gasteiger partial charge on any atom is -0.353 e. The number of carbonyl (C=O) groups is 1. The first-order valence-corrected chi connectivity index (χ1v) is 11.3. The van der Waals surface area contributed by atoms with E-state index in [-0.39, 0.29) is 23.6 Å². The van der Waals surface area contributed by atoms with Gasteiger partial charge in [-0.25, -0.2) is 13.4 Å². The molecule has 1 aromatic rings. The second-order valence-electron chi connectivity index (χ2n) is 8.07. The van der Waals surface area contributed by atoms with E-state index in [4.69, 9.17) is 0 Å². The molecule has 0 aromatic carbocycles. The molecule has 26 heavy (non-hydrogen) atoms. The highest BCUT2D eigenvalue weighted by Crippen LogP contribution is 2.34. The molecule has 3 aliphatic rings. The Hall–Kier alpha value is -1.63. The number of nitrogens with one attached hydrogen (secondary N) is 1. The summed E-state index contributed by atoms with van der Waals surface area (Å²) in [6, 6.07) is 4.02. The Morgan fingerprint density at radius 2 is 2.04 bits per heavy atom. The lowest BCUT2D eigenvalue weighted by atomic mass is 9.74. The second-order valence-corrected chi connectivity index (χ2v) is 10.0. The van der Waals surface area contributed by atoms with Gasteiger partial charge in [-0.05, 0) is 56.6 Å². The van der Waals surface area contributed by atoms with Crippen molar-refractivity contribution in [2.75, 3.05) is 10.1 Å². The molecule has 4 rings (SSSR count). The lowest BCUT2D eigenvalue weighted by Crippen LogP contribution is -2.51. The van der Waals surface area contributed by atoms with Gasteiger partial charge in [-0.1, -0.05) is 18.9 Å². The SMILES string of the molecule is C[C@@H]1CCS(=O)(=O)N1c1ccc(CC2CC3CCCCC3NC2=O)cn1. The fraction of sp³-hybridized carbons (Fsp3) is 0.684. The molecule has 1 aliphatic carbocycles. The van der Waals surface area contributed by atoms with Crippen LogP contribution in [-0.4, -0.2) is 37.1 Å². The van der Waals surface area contributed by atoms with Crippen LogP contribution in [0.4, 0.5) is 5.82 Å². The molecule has 2 aliphatic heterocycles. The number of fused-ring (bicyclic) bond motifs is 1. The Morgan fingerprint density at radius 3 is 2.73 bits per heavy atom.